The average molecular weight is 275 g/mol. The van der Waals surface area contributed by atoms with E-state index in [1.54, 1.807) is 10.9 Å². The summed E-state index contributed by atoms with van der Waals surface area (Å²) < 4.78 is 1.69. The molecule has 96 valence electrons. The third kappa shape index (κ3) is 2.00. The van der Waals surface area contributed by atoms with Crippen molar-refractivity contribution in [2.75, 3.05) is 0 Å². The van der Waals surface area contributed by atoms with Crippen LogP contribution in [0.15, 0.2) is 30.5 Å². The van der Waals surface area contributed by atoms with Gasteiger partial charge in [0.1, 0.15) is 5.15 Å². The number of nitrogens with zero attached hydrogens (tertiary/aromatic N) is 5. The number of H-pyrrole nitrogens is 1. The van der Waals surface area contributed by atoms with Crippen LogP contribution in [0.2, 0.25) is 5.15 Å². The number of aromatic nitrogens is 6. The van der Waals surface area contributed by atoms with E-state index in [1.165, 1.54) is 5.56 Å². The molecule has 0 unspecified atom stereocenters. The zero-order chi connectivity index (χ0) is 13.2. The number of aromatic amines is 1. The molecule has 1 N–H and O–H groups in total. The van der Waals surface area contributed by atoms with Gasteiger partial charge >= 0.3 is 0 Å². The summed E-state index contributed by atoms with van der Waals surface area (Å²) in [5, 5.41) is 18.5. The summed E-state index contributed by atoms with van der Waals surface area (Å²) in [6.07, 6.45) is 2.55. The van der Waals surface area contributed by atoms with Gasteiger partial charge in [-0.15, -0.1) is 10.2 Å². The molecule has 0 amide bonds. The maximum Gasteiger partial charge on any atom is 0.209 e. The van der Waals surface area contributed by atoms with E-state index in [2.05, 4.69) is 38.7 Å². The van der Waals surface area contributed by atoms with E-state index in [0.717, 1.165) is 12.1 Å². The van der Waals surface area contributed by atoms with E-state index < -0.39 is 0 Å². The van der Waals surface area contributed by atoms with Crippen LogP contribution in [0.5, 0.6) is 0 Å². The summed E-state index contributed by atoms with van der Waals surface area (Å²) in [5.41, 5.74) is 2.79. The summed E-state index contributed by atoms with van der Waals surface area (Å²) >= 11 is 6.36. The molecule has 7 heteroatoms. The van der Waals surface area contributed by atoms with Crippen LogP contribution in [0.1, 0.15) is 12.5 Å². The van der Waals surface area contributed by atoms with Crippen molar-refractivity contribution in [3.8, 4) is 17.1 Å². The first kappa shape index (κ1) is 11.9. The van der Waals surface area contributed by atoms with Crippen molar-refractivity contribution in [2.45, 2.75) is 13.3 Å². The van der Waals surface area contributed by atoms with Crippen LogP contribution in [0, 0.1) is 0 Å². The van der Waals surface area contributed by atoms with E-state index in [1.807, 2.05) is 18.2 Å². The summed E-state index contributed by atoms with van der Waals surface area (Å²) in [5.74, 6) is 0.435. The molecule has 0 saturated heterocycles. The number of hydrogen-bond donors (Lipinski definition) is 1. The van der Waals surface area contributed by atoms with Gasteiger partial charge in [0.2, 0.25) is 5.82 Å². The quantitative estimate of drug-likeness (QED) is 0.795. The maximum atomic E-state index is 6.36. The molecule has 1 aromatic carbocycles. The highest BCUT2D eigenvalue weighted by Gasteiger charge is 2.16. The molecule has 3 rings (SSSR count). The van der Waals surface area contributed by atoms with Crippen molar-refractivity contribution in [3.63, 3.8) is 0 Å². The summed E-state index contributed by atoms with van der Waals surface area (Å²) in [7, 11) is 0. The third-order valence-corrected chi connectivity index (χ3v) is 3.26. The molecule has 2 aromatic heterocycles. The van der Waals surface area contributed by atoms with Crippen molar-refractivity contribution in [3.05, 3.63) is 41.2 Å². The Hall–Kier alpha value is -2.21. The van der Waals surface area contributed by atoms with E-state index in [0.29, 0.717) is 16.5 Å². The lowest BCUT2D eigenvalue weighted by Crippen LogP contribution is -2.00. The molecular weight excluding hydrogens is 264 g/mol. The molecule has 0 aliphatic heterocycles. The lowest BCUT2D eigenvalue weighted by Gasteiger charge is -2.08. The van der Waals surface area contributed by atoms with Gasteiger partial charge in [0.25, 0.3) is 0 Å². The van der Waals surface area contributed by atoms with Crippen LogP contribution in [0.25, 0.3) is 17.1 Å². The highest BCUT2D eigenvalue weighted by Crippen LogP contribution is 2.28. The second kappa shape index (κ2) is 4.81. The molecule has 0 aliphatic rings. The molecule has 0 aliphatic carbocycles. The summed E-state index contributed by atoms with van der Waals surface area (Å²) in [6, 6.07) is 8.00. The molecule has 0 radical (unpaired) electrons. The first-order valence-corrected chi connectivity index (χ1v) is 6.24. The van der Waals surface area contributed by atoms with Gasteiger partial charge in [-0.1, -0.05) is 36.7 Å². The zero-order valence-electron chi connectivity index (χ0n) is 10.2. The van der Waals surface area contributed by atoms with Crippen molar-refractivity contribution in [2.24, 2.45) is 0 Å². The minimum atomic E-state index is 0.435. The highest BCUT2D eigenvalue weighted by atomic mass is 35.5. The Labute approximate surface area is 114 Å². The monoisotopic (exact) mass is 274 g/mol. The van der Waals surface area contributed by atoms with Crippen molar-refractivity contribution in [1.29, 1.82) is 0 Å². The van der Waals surface area contributed by atoms with Gasteiger partial charge in [-0.2, -0.15) is 10.3 Å². The Balaban J connectivity index is 2.12. The molecule has 3 aromatic rings. The fourth-order valence-electron chi connectivity index (χ4n) is 1.94. The molecular formula is C12H11ClN6. The number of aryl methyl sites for hydroxylation is 1. The molecule has 6 nitrogen and oxygen atoms in total. The molecule has 0 bridgehead atoms. The fourth-order valence-corrected chi connectivity index (χ4v) is 2.21. The first-order chi connectivity index (χ1) is 9.31. The Bertz CT molecular complexity index is 688. The maximum absolute atomic E-state index is 6.36. The third-order valence-electron chi connectivity index (χ3n) is 2.90. The predicted octanol–water partition coefficient (Wildman–Crippen LogP) is 2.27. The SMILES string of the molecule is CCc1ccccc1-n1ncc(-c2nn[nH]n2)c1Cl. The molecule has 19 heavy (non-hydrogen) atoms. The number of benzene rings is 1. The molecule has 0 saturated carbocycles. The highest BCUT2D eigenvalue weighted by molar-refractivity contribution is 6.32. The molecule has 0 fully saturated rings. The minimum Gasteiger partial charge on any atom is -0.221 e. The van der Waals surface area contributed by atoms with E-state index in [4.69, 9.17) is 11.6 Å². The van der Waals surface area contributed by atoms with Crippen molar-refractivity contribution in [1.82, 2.24) is 30.4 Å². The first-order valence-electron chi connectivity index (χ1n) is 5.87. The van der Waals surface area contributed by atoms with E-state index in [9.17, 15) is 0 Å². The Morgan fingerprint density at radius 1 is 1.32 bits per heavy atom. The molecule has 0 atom stereocenters. The summed E-state index contributed by atoms with van der Waals surface area (Å²) in [6.45, 7) is 2.09. The Morgan fingerprint density at radius 2 is 2.16 bits per heavy atom. The Kier molecular flexibility index (Phi) is 3.00. The van der Waals surface area contributed by atoms with Gasteiger partial charge in [0.05, 0.1) is 17.4 Å². The van der Waals surface area contributed by atoms with Crippen molar-refractivity contribution < 1.29 is 0 Å². The van der Waals surface area contributed by atoms with Crippen LogP contribution in [0.4, 0.5) is 0 Å². The van der Waals surface area contributed by atoms with Gasteiger partial charge < -0.3 is 0 Å². The topological polar surface area (TPSA) is 72.3 Å². The van der Waals surface area contributed by atoms with E-state index in [-0.39, 0.29) is 0 Å². The average Bonchev–Trinajstić information content (AvgIpc) is 3.08. The van der Waals surface area contributed by atoms with Crippen LogP contribution < -0.4 is 0 Å². The smallest absolute Gasteiger partial charge is 0.209 e. The number of nitrogens with one attached hydrogen (secondary N) is 1. The van der Waals surface area contributed by atoms with Gasteiger partial charge in [0, 0.05) is 0 Å². The summed E-state index contributed by atoms with van der Waals surface area (Å²) in [4.78, 5) is 0. The molecule has 2 heterocycles. The standard InChI is InChI=1S/C12H11ClN6/c1-2-8-5-3-4-6-10(8)19-11(13)9(7-14-19)12-15-17-18-16-12/h3-7H,2H2,1H3,(H,15,16,17,18). The van der Waals surface area contributed by atoms with E-state index >= 15 is 0 Å². The number of tetrazole rings is 1. The van der Waals surface area contributed by atoms with Crippen LogP contribution >= 0.6 is 11.6 Å². The van der Waals surface area contributed by atoms with Gasteiger partial charge in [-0.05, 0) is 23.3 Å². The van der Waals surface area contributed by atoms with Crippen LogP contribution in [-0.4, -0.2) is 30.4 Å². The number of para-hydroxylation sites is 1. The minimum absolute atomic E-state index is 0.435. The van der Waals surface area contributed by atoms with Crippen LogP contribution in [-0.2, 0) is 6.42 Å². The Morgan fingerprint density at radius 3 is 2.89 bits per heavy atom. The fraction of sp³-hybridized carbons (Fsp3) is 0.167. The number of rotatable bonds is 3. The number of halogens is 1. The second-order valence-electron chi connectivity index (χ2n) is 3.98. The second-order valence-corrected chi connectivity index (χ2v) is 4.34. The zero-order valence-corrected chi connectivity index (χ0v) is 11.0. The normalized spacial score (nSPS) is 10.8. The van der Waals surface area contributed by atoms with Gasteiger partial charge in [-0.3, -0.25) is 0 Å². The largest absolute Gasteiger partial charge is 0.221 e. The number of hydrogen-bond acceptors (Lipinski definition) is 4. The van der Waals surface area contributed by atoms with Crippen LogP contribution in [0.3, 0.4) is 0 Å². The van der Waals surface area contributed by atoms with Gasteiger partial charge in [-0.25, -0.2) is 4.68 Å². The van der Waals surface area contributed by atoms with Crippen molar-refractivity contribution >= 4 is 11.6 Å². The predicted molar refractivity (Wildman–Crippen MR) is 71.1 cm³/mol. The van der Waals surface area contributed by atoms with Gasteiger partial charge in [0.15, 0.2) is 0 Å². The lowest BCUT2D eigenvalue weighted by atomic mass is 10.1. The molecule has 0 spiro atoms. The lowest BCUT2D eigenvalue weighted by molar-refractivity contribution is 0.863.